The van der Waals surface area contributed by atoms with Crippen LogP contribution in [0.2, 0.25) is 0 Å². The minimum atomic E-state index is -4.13. The minimum absolute atomic E-state index is 0.0201. The van der Waals surface area contributed by atoms with E-state index in [1.165, 1.54) is 0 Å². The predicted octanol–water partition coefficient (Wildman–Crippen LogP) is 4.72. The molecule has 0 aliphatic heterocycles. The van der Waals surface area contributed by atoms with Crippen molar-refractivity contribution in [3.63, 3.8) is 0 Å². The molecule has 0 saturated heterocycles. The van der Waals surface area contributed by atoms with Gasteiger partial charge in [-0.2, -0.15) is 13.2 Å². The van der Waals surface area contributed by atoms with Crippen LogP contribution < -0.4 is 0 Å². The maximum atomic E-state index is 12.8. The molecule has 1 unspecified atom stereocenters. The molecular weight excluding hydrogens is 323 g/mol. The van der Waals surface area contributed by atoms with E-state index in [-0.39, 0.29) is 12.8 Å². The van der Waals surface area contributed by atoms with Crippen LogP contribution in [0.4, 0.5) is 13.2 Å². The first kappa shape index (κ1) is 16.3. The van der Waals surface area contributed by atoms with E-state index in [1.807, 2.05) is 24.3 Å². The monoisotopic (exact) mass is 339 g/mol. The summed E-state index contributed by atoms with van der Waals surface area (Å²) in [5.41, 5.74) is 2.53. The van der Waals surface area contributed by atoms with Crippen LogP contribution in [-0.4, -0.2) is 22.0 Å². The van der Waals surface area contributed by atoms with Gasteiger partial charge in [-0.05, 0) is 36.0 Å². The second-order valence-electron chi connectivity index (χ2n) is 5.74. The Morgan fingerprint density at radius 3 is 2.70 bits per heavy atom. The number of allylic oxidation sites excluding steroid dienone is 2. The van der Waals surface area contributed by atoms with Gasteiger partial charge >= 0.3 is 6.18 Å². The minimum Gasteiger partial charge on any atom is -0.612 e. The molecule has 2 nitrogen and oxygen atoms in total. The Morgan fingerprint density at radius 2 is 2.09 bits per heavy atom. The average Bonchev–Trinajstić information content (AvgIpc) is 2.53. The Hall–Kier alpha value is -1.53. The van der Waals surface area contributed by atoms with Gasteiger partial charge in [0.1, 0.15) is 6.26 Å². The molecule has 1 heterocycles. The zero-order valence-electron chi connectivity index (χ0n) is 12.6. The molecule has 122 valence electrons. The lowest BCUT2D eigenvalue weighted by Crippen LogP contribution is -2.24. The lowest BCUT2D eigenvalue weighted by molar-refractivity contribution is -0.175. The van der Waals surface area contributed by atoms with Gasteiger partial charge < -0.3 is 4.55 Å². The molecule has 0 saturated carbocycles. The largest absolute Gasteiger partial charge is 0.612 e. The third kappa shape index (κ3) is 3.38. The number of fused-ring (bicyclic) bond motifs is 1. The molecule has 2 atom stereocenters. The molecule has 2 aromatic rings. The molecule has 0 amide bonds. The molecule has 6 heteroatoms. The van der Waals surface area contributed by atoms with Crippen LogP contribution in [0.15, 0.2) is 41.4 Å². The maximum absolute atomic E-state index is 12.8. The Balaban J connectivity index is 1.96. The molecule has 1 aliphatic carbocycles. The van der Waals surface area contributed by atoms with Crippen molar-refractivity contribution in [3.8, 4) is 0 Å². The van der Waals surface area contributed by atoms with Crippen LogP contribution in [0.5, 0.6) is 0 Å². The van der Waals surface area contributed by atoms with Gasteiger partial charge in [-0.1, -0.05) is 24.3 Å². The second-order valence-corrected chi connectivity index (χ2v) is 7.12. The molecule has 3 rings (SSSR count). The Bertz CT molecular complexity index is 755. The number of halogens is 3. The summed E-state index contributed by atoms with van der Waals surface area (Å²) in [5, 5.41) is 0.856. The molecule has 0 bridgehead atoms. The van der Waals surface area contributed by atoms with E-state index in [2.05, 4.69) is 4.98 Å². The van der Waals surface area contributed by atoms with Gasteiger partial charge in [-0.3, -0.25) is 4.98 Å². The van der Waals surface area contributed by atoms with Crippen molar-refractivity contribution >= 4 is 27.7 Å². The third-order valence-corrected chi connectivity index (χ3v) is 5.12. The first-order chi connectivity index (χ1) is 10.9. The smallest absolute Gasteiger partial charge is 0.392 e. The summed E-state index contributed by atoms with van der Waals surface area (Å²) in [4.78, 5) is 5.03. The van der Waals surface area contributed by atoms with Gasteiger partial charge in [0.05, 0.1) is 17.6 Å². The molecule has 0 radical (unpaired) electrons. The Morgan fingerprint density at radius 1 is 1.30 bits per heavy atom. The van der Waals surface area contributed by atoms with E-state index < -0.39 is 23.3 Å². The number of alkyl halides is 3. The van der Waals surface area contributed by atoms with Gasteiger partial charge in [0.2, 0.25) is 0 Å². The highest BCUT2D eigenvalue weighted by Gasteiger charge is 2.39. The van der Waals surface area contributed by atoms with Gasteiger partial charge in [0.25, 0.3) is 0 Å². The van der Waals surface area contributed by atoms with Crippen molar-refractivity contribution in [1.29, 1.82) is 0 Å². The van der Waals surface area contributed by atoms with E-state index in [0.29, 0.717) is 11.3 Å². The van der Waals surface area contributed by atoms with Crippen molar-refractivity contribution in [2.45, 2.75) is 30.3 Å². The molecular formula is C17H16F3NOS. The number of hydrogen-bond donors (Lipinski definition) is 0. The highest BCUT2D eigenvalue weighted by Crippen LogP contribution is 2.40. The van der Waals surface area contributed by atoms with Crippen LogP contribution in [0.25, 0.3) is 16.5 Å². The topological polar surface area (TPSA) is 36.0 Å². The summed E-state index contributed by atoms with van der Waals surface area (Å²) in [5.74, 6) is -1.25. The van der Waals surface area contributed by atoms with Gasteiger partial charge in [0, 0.05) is 17.0 Å². The summed E-state index contributed by atoms with van der Waals surface area (Å²) in [6.07, 6.45) is 1.25. The predicted molar refractivity (Wildman–Crippen MR) is 85.4 cm³/mol. The SMILES string of the molecule is C[S+]([O-])c1cnc2c(C3=CC[C@@H](C(F)(F)F)CC3)cccc2c1. The number of rotatable bonds is 2. The molecule has 0 spiro atoms. The van der Waals surface area contributed by atoms with E-state index in [1.54, 1.807) is 18.5 Å². The maximum Gasteiger partial charge on any atom is 0.392 e. The highest BCUT2D eigenvalue weighted by atomic mass is 32.2. The fraction of sp³-hybridized carbons (Fsp3) is 0.353. The van der Waals surface area contributed by atoms with Crippen molar-refractivity contribution in [2.75, 3.05) is 6.26 Å². The lowest BCUT2D eigenvalue weighted by Gasteiger charge is -2.24. The number of nitrogens with zero attached hydrogens (tertiary/aromatic N) is 1. The fourth-order valence-corrected chi connectivity index (χ4v) is 3.43. The first-order valence-corrected chi connectivity index (χ1v) is 8.90. The van der Waals surface area contributed by atoms with Crippen LogP contribution in [-0.2, 0) is 11.2 Å². The van der Waals surface area contributed by atoms with E-state index in [9.17, 15) is 17.7 Å². The van der Waals surface area contributed by atoms with Gasteiger partial charge in [0.15, 0.2) is 4.90 Å². The van der Waals surface area contributed by atoms with Crippen LogP contribution in [0, 0.1) is 5.92 Å². The van der Waals surface area contributed by atoms with E-state index in [4.69, 9.17) is 0 Å². The van der Waals surface area contributed by atoms with Crippen molar-refractivity contribution in [1.82, 2.24) is 4.98 Å². The fourth-order valence-electron chi connectivity index (χ4n) is 2.93. The van der Waals surface area contributed by atoms with Crippen LogP contribution in [0.1, 0.15) is 24.8 Å². The number of para-hydroxylation sites is 1. The molecule has 0 fully saturated rings. The highest BCUT2D eigenvalue weighted by molar-refractivity contribution is 7.90. The molecule has 0 N–H and O–H groups in total. The normalized spacial score (nSPS) is 20.4. The summed E-state index contributed by atoms with van der Waals surface area (Å²) < 4.78 is 49.9. The van der Waals surface area contributed by atoms with Gasteiger partial charge in [-0.15, -0.1) is 0 Å². The van der Waals surface area contributed by atoms with Crippen molar-refractivity contribution in [3.05, 3.63) is 42.1 Å². The average molecular weight is 339 g/mol. The third-order valence-electron chi connectivity index (χ3n) is 4.24. The number of pyridine rings is 1. The Labute approximate surface area is 135 Å². The van der Waals surface area contributed by atoms with Crippen LogP contribution in [0.3, 0.4) is 0 Å². The molecule has 1 aliphatic rings. The van der Waals surface area contributed by atoms with Crippen LogP contribution >= 0.6 is 0 Å². The summed E-state index contributed by atoms with van der Waals surface area (Å²) >= 11 is -1.11. The van der Waals surface area contributed by atoms with E-state index >= 15 is 0 Å². The van der Waals surface area contributed by atoms with Crippen molar-refractivity contribution in [2.24, 2.45) is 5.92 Å². The number of aromatic nitrogens is 1. The first-order valence-electron chi connectivity index (χ1n) is 7.34. The zero-order valence-corrected chi connectivity index (χ0v) is 13.4. The number of hydrogen-bond acceptors (Lipinski definition) is 2. The lowest BCUT2D eigenvalue weighted by atomic mass is 9.85. The molecule has 1 aromatic carbocycles. The number of benzene rings is 1. The summed E-state index contributed by atoms with van der Waals surface area (Å²) in [6.45, 7) is 0. The summed E-state index contributed by atoms with van der Waals surface area (Å²) in [6, 6.07) is 7.45. The standard InChI is InChI=1S/C17H16F3NOS/c1-23(22)14-9-12-3-2-4-15(16(12)21-10-14)11-5-7-13(8-6-11)17(18,19)20/h2-5,9-10,13H,6-8H2,1H3/t13-,23?/m1/s1. The molecule has 1 aromatic heterocycles. The summed E-state index contributed by atoms with van der Waals surface area (Å²) in [7, 11) is 0. The Kier molecular flexibility index (Phi) is 4.38. The molecule has 23 heavy (non-hydrogen) atoms. The van der Waals surface area contributed by atoms with Gasteiger partial charge in [-0.25, -0.2) is 0 Å². The van der Waals surface area contributed by atoms with Crippen molar-refractivity contribution < 1.29 is 17.7 Å². The van der Waals surface area contributed by atoms with E-state index in [0.717, 1.165) is 22.0 Å². The zero-order chi connectivity index (χ0) is 16.6. The second kappa shape index (κ2) is 6.17. The quantitative estimate of drug-likeness (QED) is 0.742.